The second-order valence-corrected chi connectivity index (χ2v) is 6.34. The average Bonchev–Trinajstić information content (AvgIpc) is 2.54. The predicted molar refractivity (Wildman–Crippen MR) is 84.4 cm³/mol. The van der Waals surface area contributed by atoms with Crippen LogP contribution in [0.1, 0.15) is 0 Å². The minimum atomic E-state index is -4.11. The topological polar surface area (TPSA) is 88.5 Å². The Labute approximate surface area is 131 Å². The Morgan fingerprint density at radius 2 is 1.87 bits per heavy atom. The number of halogens is 1. The van der Waals surface area contributed by atoms with Crippen LogP contribution in [0.25, 0.3) is 10.9 Å². The fourth-order valence-corrected chi connectivity index (χ4v) is 3.36. The first-order valence-corrected chi connectivity index (χ1v) is 7.99. The minimum absolute atomic E-state index is 0.254. The van der Waals surface area contributed by atoms with E-state index in [0.29, 0.717) is 5.52 Å². The summed E-state index contributed by atoms with van der Waals surface area (Å²) in [5.41, 5.74) is 0.219. The van der Waals surface area contributed by atoms with E-state index in [-0.39, 0.29) is 5.69 Å². The number of aromatic nitrogens is 1. The summed E-state index contributed by atoms with van der Waals surface area (Å²) in [5.74, 6) is -0.745. The van der Waals surface area contributed by atoms with Gasteiger partial charge in [-0.2, -0.15) is 0 Å². The smallest absolute Gasteiger partial charge is 0.264 e. The van der Waals surface area contributed by atoms with E-state index in [0.717, 1.165) is 23.6 Å². The zero-order valence-corrected chi connectivity index (χ0v) is 12.4. The number of sulfonamides is 1. The summed E-state index contributed by atoms with van der Waals surface area (Å²) in [6, 6.07) is 11.2. The number of fused-ring (bicyclic) bond motifs is 1. The number of benzene rings is 2. The van der Waals surface area contributed by atoms with E-state index in [1.54, 1.807) is 30.3 Å². The highest BCUT2D eigenvalue weighted by atomic mass is 32.2. The molecule has 3 aromatic rings. The first-order valence-electron chi connectivity index (χ1n) is 6.51. The van der Waals surface area contributed by atoms with Crippen molar-refractivity contribution in [1.29, 1.82) is 0 Å². The fourth-order valence-electron chi connectivity index (χ4n) is 2.18. The molecule has 0 aliphatic rings. The van der Waals surface area contributed by atoms with Gasteiger partial charge in [-0.3, -0.25) is 9.71 Å². The van der Waals surface area contributed by atoms with Gasteiger partial charge in [0.25, 0.3) is 10.0 Å². The van der Waals surface area contributed by atoms with Gasteiger partial charge in [0.05, 0.1) is 11.2 Å². The van der Waals surface area contributed by atoms with Crippen LogP contribution in [0.5, 0.6) is 0 Å². The third kappa shape index (κ3) is 2.88. The van der Waals surface area contributed by atoms with Crippen LogP contribution in [0, 0.1) is 10.7 Å². The number of pyridine rings is 1. The lowest BCUT2D eigenvalue weighted by Crippen LogP contribution is -2.13. The molecule has 0 saturated heterocycles. The molecule has 6 nitrogen and oxygen atoms in total. The highest BCUT2D eigenvalue weighted by molar-refractivity contribution is 7.93. The highest BCUT2D eigenvalue weighted by Gasteiger charge is 2.21. The molecule has 0 radical (unpaired) electrons. The van der Waals surface area contributed by atoms with Crippen molar-refractivity contribution in [3.05, 3.63) is 65.5 Å². The van der Waals surface area contributed by atoms with Crippen LogP contribution >= 0.6 is 0 Å². The first-order chi connectivity index (χ1) is 11.0. The summed E-state index contributed by atoms with van der Waals surface area (Å²) in [7, 11) is -4.11. The van der Waals surface area contributed by atoms with Gasteiger partial charge in [0.1, 0.15) is 16.4 Å². The van der Waals surface area contributed by atoms with Crippen LogP contribution in [0.4, 0.5) is 15.8 Å². The van der Waals surface area contributed by atoms with Gasteiger partial charge in [-0.15, -0.1) is 4.91 Å². The molecule has 3 rings (SSSR count). The Hall–Kier alpha value is -2.87. The molecular weight excluding hydrogens is 321 g/mol. The molecule has 1 heterocycles. The normalized spacial score (nSPS) is 11.3. The molecule has 0 amide bonds. The molecule has 0 bridgehead atoms. The van der Waals surface area contributed by atoms with Crippen molar-refractivity contribution in [3.8, 4) is 0 Å². The Kier molecular flexibility index (Phi) is 3.75. The highest BCUT2D eigenvalue weighted by Crippen LogP contribution is 2.29. The number of hydrogen-bond acceptors (Lipinski definition) is 5. The summed E-state index contributed by atoms with van der Waals surface area (Å²) in [5, 5.41) is 3.33. The van der Waals surface area contributed by atoms with Gasteiger partial charge < -0.3 is 0 Å². The molecule has 23 heavy (non-hydrogen) atoms. The standard InChI is InChI=1S/C15H10FN3O3S/c16-11-6-7-14(13(9-11)18-20)23(21,22)19-12-5-1-3-10-4-2-8-17-15(10)12/h1-9,19H. The van der Waals surface area contributed by atoms with Crippen LogP contribution in [0.2, 0.25) is 0 Å². The number of nitroso groups, excluding NO2 is 1. The third-order valence-corrected chi connectivity index (χ3v) is 4.60. The second kappa shape index (κ2) is 5.73. The predicted octanol–water partition coefficient (Wildman–Crippen LogP) is 3.57. The van der Waals surface area contributed by atoms with Crippen LogP contribution < -0.4 is 4.72 Å². The van der Waals surface area contributed by atoms with Gasteiger partial charge in [0, 0.05) is 17.6 Å². The molecule has 2 aromatic carbocycles. The van der Waals surface area contributed by atoms with Gasteiger partial charge in [-0.1, -0.05) is 18.2 Å². The van der Waals surface area contributed by atoms with E-state index < -0.39 is 26.4 Å². The van der Waals surface area contributed by atoms with Crippen molar-refractivity contribution in [2.75, 3.05) is 4.72 Å². The number of anilines is 1. The van der Waals surface area contributed by atoms with Crippen molar-refractivity contribution in [2.45, 2.75) is 4.90 Å². The van der Waals surface area contributed by atoms with Gasteiger partial charge in [0.2, 0.25) is 0 Å². The number of nitrogens with one attached hydrogen (secondary N) is 1. The SMILES string of the molecule is O=Nc1cc(F)ccc1S(=O)(=O)Nc1cccc2cccnc12. The molecular formula is C15H10FN3O3S. The Balaban J connectivity index is 2.09. The summed E-state index contributed by atoms with van der Waals surface area (Å²) in [6.07, 6.45) is 1.54. The van der Waals surface area contributed by atoms with Crippen LogP contribution in [-0.4, -0.2) is 13.4 Å². The summed E-state index contributed by atoms with van der Waals surface area (Å²) in [4.78, 5) is 14.5. The molecule has 1 aromatic heterocycles. The largest absolute Gasteiger partial charge is 0.277 e. The van der Waals surface area contributed by atoms with Crippen molar-refractivity contribution >= 4 is 32.3 Å². The van der Waals surface area contributed by atoms with Crippen molar-refractivity contribution in [3.63, 3.8) is 0 Å². The molecule has 0 spiro atoms. The fraction of sp³-hybridized carbons (Fsp3) is 0. The van der Waals surface area contributed by atoms with Gasteiger partial charge >= 0.3 is 0 Å². The van der Waals surface area contributed by atoms with Gasteiger partial charge in [-0.05, 0) is 29.4 Å². The van der Waals surface area contributed by atoms with Crippen molar-refractivity contribution < 1.29 is 12.8 Å². The van der Waals surface area contributed by atoms with Crippen LogP contribution in [-0.2, 0) is 10.0 Å². The zero-order valence-electron chi connectivity index (χ0n) is 11.6. The molecule has 0 aliphatic heterocycles. The summed E-state index contributed by atoms with van der Waals surface area (Å²) < 4.78 is 40.4. The average molecular weight is 331 g/mol. The Morgan fingerprint density at radius 1 is 1.09 bits per heavy atom. The molecule has 0 atom stereocenters. The van der Waals surface area contributed by atoms with Crippen LogP contribution in [0.3, 0.4) is 0 Å². The monoisotopic (exact) mass is 331 g/mol. The molecule has 116 valence electrons. The number of para-hydroxylation sites is 1. The lowest BCUT2D eigenvalue weighted by molar-refractivity contribution is 0.600. The maximum atomic E-state index is 13.1. The lowest BCUT2D eigenvalue weighted by Gasteiger charge is -2.11. The number of rotatable bonds is 4. The number of hydrogen-bond donors (Lipinski definition) is 1. The van der Waals surface area contributed by atoms with E-state index >= 15 is 0 Å². The molecule has 0 saturated carbocycles. The van der Waals surface area contributed by atoms with E-state index in [9.17, 15) is 17.7 Å². The summed E-state index contributed by atoms with van der Waals surface area (Å²) in [6.45, 7) is 0. The minimum Gasteiger partial charge on any atom is -0.277 e. The maximum absolute atomic E-state index is 13.1. The molecule has 1 N–H and O–H groups in total. The molecule has 8 heteroatoms. The van der Waals surface area contributed by atoms with Gasteiger partial charge in [0.15, 0.2) is 0 Å². The third-order valence-electron chi connectivity index (χ3n) is 3.19. The quantitative estimate of drug-likeness (QED) is 0.740. The van der Waals surface area contributed by atoms with Gasteiger partial charge in [-0.25, -0.2) is 12.8 Å². The van der Waals surface area contributed by atoms with Crippen LogP contribution in [0.15, 0.2) is 64.8 Å². The maximum Gasteiger partial charge on any atom is 0.264 e. The van der Waals surface area contributed by atoms with E-state index in [1.165, 1.54) is 6.20 Å². The van der Waals surface area contributed by atoms with Crippen molar-refractivity contribution in [2.24, 2.45) is 5.18 Å². The lowest BCUT2D eigenvalue weighted by atomic mass is 10.2. The Morgan fingerprint density at radius 3 is 2.65 bits per heavy atom. The molecule has 0 fully saturated rings. The van der Waals surface area contributed by atoms with E-state index in [1.807, 2.05) is 0 Å². The Bertz CT molecular complexity index is 1000. The molecule has 0 aliphatic carbocycles. The number of nitrogens with zero attached hydrogens (tertiary/aromatic N) is 2. The second-order valence-electron chi connectivity index (χ2n) is 4.69. The van der Waals surface area contributed by atoms with Crippen molar-refractivity contribution in [1.82, 2.24) is 4.98 Å². The molecule has 0 unspecified atom stereocenters. The van der Waals surface area contributed by atoms with E-state index in [4.69, 9.17) is 0 Å². The zero-order chi connectivity index (χ0) is 16.4. The summed E-state index contributed by atoms with van der Waals surface area (Å²) >= 11 is 0. The van der Waals surface area contributed by atoms with E-state index in [2.05, 4.69) is 14.9 Å². The first kappa shape index (κ1) is 15.0.